The largest absolute Gasteiger partial charge is 0.459 e. The molecule has 0 spiro atoms. The Balaban J connectivity index is 1.69. The Kier molecular flexibility index (Phi) is 5.82. The number of benzene rings is 1. The van der Waals surface area contributed by atoms with Crippen molar-refractivity contribution in [3.8, 4) is 0 Å². The summed E-state index contributed by atoms with van der Waals surface area (Å²) in [4.78, 5) is 27.3. The summed E-state index contributed by atoms with van der Waals surface area (Å²) in [7, 11) is 0. The lowest BCUT2D eigenvalue weighted by molar-refractivity contribution is -0.150. The van der Waals surface area contributed by atoms with Crippen molar-refractivity contribution in [3.05, 3.63) is 48.6 Å². The van der Waals surface area contributed by atoms with E-state index in [-0.39, 0.29) is 24.0 Å². The van der Waals surface area contributed by atoms with Gasteiger partial charge in [-0.15, -0.1) is 6.58 Å². The summed E-state index contributed by atoms with van der Waals surface area (Å²) >= 11 is 0. The highest BCUT2D eigenvalue weighted by molar-refractivity contribution is 5.83. The van der Waals surface area contributed by atoms with E-state index < -0.39 is 17.7 Å². The number of piperidine rings is 1. The van der Waals surface area contributed by atoms with Gasteiger partial charge in [-0.3, -0.25) is 4.90 Å². The van der Waals surface area contributed by atoms with Gasteiger partial charge in [-0.2, -0.15) is 0 Å². The molecule has 1 saturated heterocycles. The number of hydrogen-bond donors (Lipinski definition) is 0. The molecule has 1 heterocycles. The van der Waals surface area contributed by atoms with E-state index in [4.69, 9.17) is 9.47 Å². The number of rotatable bonds is 7. The number of allylic oxidation sites excluding steroid dienone is 1. The fourth-order valence-electron chi connectivity index (χ4n) is 4.20. The highest BCUT2D eigenvalue weighted by atomic mass is 16.6. The number of esters is 1. The van der Waals surface area contributed by atoms with Gasteiger partial charge in [0.25, 0.3) is 0 Å². The summed E-state index contributed by atoms with van der Waals surface area (Å²) in [5.41, 5.74) is 0.359. The molecule has 3 rings (SSSR count). The number of nitrogens with zero attached hydrogens (tertiary/aromatic N) is 1. The van der Waals surface area contributed by atoms with Crippen LogP contribution >= 0.6 is 0 Å². The first-order valence-electron chi connectivity index (χ1n) is 10.1. The number of hydrogen-bond acceptors (Lipinski definition) is 4. The molecule has 0 unspecified atom stereocenters. The van der Waals surface area contributed by atoms with Crippen molar-refractivity contribution in [2.24, 2.45) is 5.41 Å². The number of ether oxygens (including phenoxy) is 2. The maximum atomic E-state index is 12.8. The molecule has 1 aromatic carbocycles. The smallest absolute Gasteiger partial charge is 0.411 e. The molecule has 1 saturated carbocycles. The minimum absolute atomic E-state index is 0.0242. The third kappa shape index (κ3) is 4.57. The molecule has 5 nitrogen and oxygen atoms in total. The summed E-state index contributed by atoms with van der Waals surface area (Å²) in [6.45, 7) is 9.52. The fourth-order valence-corrected chi connectivity index (χ4v) is 4.20. The molecule has 1 amide bonds. The molecule has 3 atom stereocenters. The second-order valence-corrected chi connectivity index (χ2v) is 8.96. The van der Waals surface area contributed by atoms with Gasteiger partial charge in [-0.25, -0.2) is 9.59 Å². The number of unbranched alkanes of at least 4 members (excludes halogenated alkanes) is 1. The van der Waals surface area contributed by atoms with Crippen LogP contribution in [0.3, 0.4) is 0 Å². The van der Waals surface area contributed by atoms with Crippen LogP contribution in [0.25, 0.3) is 0 Å². The van der Waals surface area contributed by atoms with Crippen molar-refractivity contribution in [3.63, 3.8) is 0 Å². The number of fused-ring (bicyclic) bond motifs is 1. The molecule has 2 fully saturated rings. The highest BCUT2D eigenvalue weighted by Gasteiger charge is 2.67. The van der Waals surface area contributed by atoms with Gasteiger partial charge >= 0.3 is 12.1 Å². The summed E-state index contributed by atoms with van der Waals surface area (Å²) < 4.78 is 11.2. The molecule has 0 radical (unpaired) electrons. The van der Waals surface area contributed by atoms with Crippen molar-refractivity contribution >= 4 is 12.1 Å². The number of carbonyl (C=O) groups is 2. The van der Waals surface area contributed by atoms with Gasteiger partial charge in [-0.1, -0.05) is 36.4 Å². The van der Waals surface area contributed by atoms with Crippen LogP contribution in [0.1, 0.15) is 58.4 Å². The molecule has 1 aliphatic carbocycles. The third-order valence-corrected chi connectivity index (χ3v) is 5.60. The van der Waals surface area contributed by atoms with Crippen molar-refractivity contribution < 1.29 is 19.1 Å². The molecule has 1 aromatic rings. The van der Waals surface area contributed by atoms with E-state index in [1.165, 1.54) is 0 Å². The Morgan fingerprint density at radius 3 is 2.61 bits per heavy atom. The first-order valence-corrected chi connectivity index (χ1v) is 10.1. The maximum Gasteiger partial charge on any atom is 0.411 e. The van der Waals surface area contributed by atoms with Crippen LogP contribution < -0.4 is 0 Å². The van der Waals surface area contributed by atoms with Gasteiger partial charge in [0.1, 0.15) is 18.2 Å². The van der Waals surface area contributed by atoms with E-state index >= 15 is 0 Å². The molecule has 2 aliphatic rings. The van der Waals surface area contributed by atoms with Crippen LogP contribution in [0, 0.1) is 5.41 Å². The maximum absolute atomic E-state index is 12.8. The van der Waals surface area contributed by atoms with Crippen molar-refractivity contribution in [1.82, 2.24) is 4.90 Å². The molecule has 0 aromatic heterocycles. The van der Waals surface area contributed by atoms with Crippen molar-refractivity contribution in [1.29, 1.82) is 0 Å². The third-order valence-electron chi connectivity index (χ3n) is 5.60. The minimum atomic E-state index is -0.599. The first-order chi connectivity index (χ1) is 13.3. The highest BCUT2D eigenvalue weighted by Crippen LogP contribution is 2.62. The van der Waals surface area contributed by atoms with Gasteiger partial charge in [0.05, 0.1) is 0 Å². The molecule has 152 valence electrons. The standard InChI is InChI=1S/C23H31NO4/c1-5-6-10-13-23-14-18(20(25)27-16-17-11-8-7-9-12-17)24(19(23)15-23)21(26)28-22(2,3)4/h5,7-9,11-12,18-19H,1,6,10,13-16H2,2-4H3/t18-,19+,23-/m0/s1. The number of carbonyl (C=O) groups excluding carboxylic acids is 2. The molecular weight excluding hydrogens is 354 g/mol. The van der Waals surface area contributed by atoms with Crippen LogP contribution in [0.5, 0.6) is 0 Å². The summed E-state index contributed by atoms with van der Waals surface area (Å²) in [5.74, 6) is -0.343. The lowest BCUT2D eigenvalue weighted by Crippen LogP contribution is -2.46. The van der Waals surface area contributed by atoms with Crippen LogP contribution in [0.15, 0.2) is 43.0 Å². The van der Waals surface area contributed by atoms with Gasteiger partial charge in [0.2, 0.25) is 0 Å². The van der Waals surface area contributed by atoms with Crippen LogP contribution in [0.2, 0.25) is 0 Å². The summed E-state index contributed by atoms with van der Waals surface area (Å²) in [6, 6.07) is 9.09. The van der Waals surface area contributed by atoms with E-state index in [1.807, 2.05) is 57.2 Å². The molecule has 0 N–H and O–H groups in total. The zero-order valence-corrected chi connectivity index (χ0v) is 17.1. The Hall–Kier alpha value is -2.30. The van der Waals surface area contributed by atoms with E-state index in [0.29, 0.717) is 6.42 Å². The monoisotopic (exact) mass is 385 g/mol. The zero-order chi connectivity index (χ0) is 20.4. The van der Waals surface area contributed by atoms with Crippen LogP contribution in [-0.2, 0) is 20.9 Å². The predicted molar refractivity (Wildman–Crippen MR) is 108 cm³/mol. The topological polar surface area (TPSA) is 55.8 Å². The minimum Gasteiger partial charge on any atom is -0.459 e. The molecule has 5 heteroatoms. The summed E-state index contributed by atoms with van der Waals surface area (Å²) in [5, 5.41) is 0. The first kappa shape index (κ1) is 20.4. The zero-order valence-electron chi connectivity index (χ0n) is 17.1. The molecule has 0 bridgehead atoms. The van der Waals surface area contributed by atoms with E-state index in [1.54, 1.807) is 4.90 Å². The Morgan fingerprint density at radius 2 is 1.96 bits per heavy atom. The van der Waals surface area contributed by atoms with Gasteiger partial charge in [0, 0.05) is 6.04 Å². The van der Waals surface area contributed by atoms with Gasteiger partial charge in [-0.05, 0) is 63.9 Å². The second-order valence-electron chi connectivity index (χ2n) is 8.96. The van der Waals surface area contributed by atoms with Crippen molar-refractivity contribution in [2.45, 2.75) is 77.2 Å². The van der Waals surface area contributed by atoms with Gasteiger partial charge < -0.3 is 9.47 Å². The quantitative estimate of drug-likeness (QED) is 0.382. The second kappa shape index (κ2) is 7.98. The Morgan fingerprint density at radius 1 is 1.25 bits per heavy atom. The average molecular weight is 386 g/mol. The lowest BCUT2D eigenvalue weighted by atomic mass is 9.93. The Labute approximate surface area is 167 Å². The SMILES string of the molecule is C=CCCC[C@@]12C[C@@H](C(=O)OCc3ccccc3)N(C(=O)OC(C)(C)C)[C@@H]1C2. The van der Waals surface area contributed by atoms with E-state index in [0.717, 1.165) is 31.2 Å². The fraction of sp³-hybridized carbons (Fsp3) is 0.565. The number of likely N-dealkylation sites (tertiary alicyclic amines) is 1. The van der Waals surface area contributed by atoms with Crippen LogP contribution in [-0.4, -0.2) is 34.6 Å². The Bertz CT molecular complexity index is 724. The summed E-state index contributed by atoms with van der Waals surface area (Å²) in [6.07, 6.45) is 6.05. The van der Waals surface area contributed by atoms with E-state index in [9.17, 15) is 9.59 Å². The van der Waals surface area contributed by atoms with Crippen LogP contribution in [0.4, 0.5) is 4.79 Å². The van der Waals surface area contributed by atoms with Crippen molar-refractivity contribution in [2.75, 3.05) is 0 Å². The molecule has 28 heavy (non-hydrogen) atoms. The molecular formula is C23H31NO4. The molecule has 1 aliphatic heterocycles. The predicted octanol–water partition coefficient (Wildman–Crippen LogP) is 4.85. The van der Waals surface area contributed by atoms with E-state index in [2.05, 4.69) is 6.58 Å². The number of amides is 1. The van der Waals surface area contributed by atoms with Gasteiger partial charge in [0.15, 0.2) is 0 Å². The average Bonchev–Trinajstić information content (AvgIpc) is 3.23. The lowest BCUT2D eigenvalue weighted by Gasteiger charge is -2.29. The normalized spacial score (nSPS) is 25.8.